The molecule has 8 heteroatoms. The fourth-order valence-corrected chi connectivity index (χ4v) is 4.69. The van der Waals surface area contributed by atoms with Crippen molar-refractivity contribution in [1.29, 1.82) is 0 Å². The van der Waals surface area contributed by atoms with Crippen molar-refractivity contribution in [3.8, 4) is 5.75 Å². The monoisotopic (exact) mass is 464 g/mol. The Bertz CT molecular complexity index is 1080. The van der Waals surface area contributed by atoms with E-state index in [2.05, 4.69) is 21.7 Å². The maximum absolute atomic E-state index is 13.3. The Balaban J connectivity index is 1.34. The maximum Gasteiger partial charge on any atom is 0.257 e. The number of anilines is 2. The van der Waals surface area contributed by atoms with Crippen molar-refractivity contribution in [2.24, 2.45) is 5.92 Å². The summed E-state index contributed by atoms with van der Waals surface area (Å²) >= 11 is 1.70. The SMILES string of the molecule is COc1ccccc1Nc1ncccc1C(=O)N1CCC(C(=O)NCCc2cccs2)CC1. The average Bonchev–Trinajstić information content (AvgIpc) is 3.38. The standard InChI is InChI=1S/C25H28N4O3S/c1-32-22-9-3-2-8-21(22)28-23-20(7-4-13-26-23)25(31)29-15-11-18(12-16-29)24(30)27-14-10-19-6-5-17-33-19/h2-9,13,17-18H,10-12,14-16H2,1H3,(H,26,28)(H,27,30). The average molecular weight is 465 g/mol. The van der Waals surface area contributed by atoms with Crippen LogP contribution in [0.5, 0.6) is 5.75 Å². The van der Waals surface area contributed by atoms with E-state index in [1.54, 1.807) is 41.7 Å². The number of ether oxygens (including phenoxy) is 1. The molecule has 3 heterocycles. The van der Waals surface area contributed by atoms with Crippen LogP contribution < -0.4 is 15.4 Å². The molecule has 1 aromatic carbocycles. The number of rotatable bonds is 8. The molecule has 1 aliphatic rings. The lowest BCUT2D eigenvalue weighted by Gasteiger charge is -2.31. The summed E-state index contributed by atoms with van der Waals surface area (Å²) in [5.74, 6) is 1.10. The van der Waals surface area contributed by atoms with Crippen LogP contribution in [0.25, 0.3) is 0 Å². The number of benzene rings is 1. The number of hydrogen-bond acceptors (Lipinski definition) is 6. The lowest BCUT2D eigenvalue weighted by atomic mass is 9.95. The number of methoxy groups -OCH3 is 1. The van der Waals surface area contributed by atoms with Gasteiger partial charge in [-0.05, 0) is 55.0 Å². The molecule has 0 aliphatic carbocycles. The van der Waals surface area contributed by atoms with Crippen LogP contribution in [0, 0.1) is 5.92 Å². The van der Waals surface area contributed by atoms with Crippen LogP contribution in [0.1, 0.15) is 28.1 Å². The van der Waals surface area contributed by atoms with E-state index >= 15 is 0 Å². The molecule has 0 unspecified atom stereocenters. The molecule has 0 bridgehead atoms. The number of para-hydroxylation sites is 2. The molecule has 1 aliphatic heterocycles. The number of piperidine rings is 1. The fraction of sp³-hybridized carbons (Fsp3) is 0.320. The highest BCUT2D eigenvalue weighted by molar-refractivity contribution is 7.09. The quantitative estimate of drug-likeness (QED) is 0.524. The fourth-order valence-electron chi connectivity index (χ4n) is 3.98. The number of amides is 2. The molecule has 4 rings (SSSR count). The van der Waals surface area contributed by atoms with Gasteiger partial charge in [0.15, 0.2) is 0 Å². The predicted molar refractivity (Wildman–Crippen MR) is 130 cm³/mol. The first-order valence-corrected chi connectivity index (χ1v) is 12.0. The molecule has 0 spiro atoms. The van der Waals surface area contributed by atoms with E-state index in [-0.39, 0.29) is 17.7 Å². The summed E-state index contributed by atoms with van der Waals surface area (Å²) < 4.78 is 5.39. The van der Waals surface area contributed by atoms with Crippen molar-refractivity contribution < 1.29 is 14.3 Å². The molecular weight excluding hydrogens is 436 g/mol. The molecule has 2 amide bonds. The number of carbonyl (C=O) groups is 2. The third-order valence-corrected chi connectivity index (χ3v) is 6.74. The number of pyridine rings is 1. The van der Waals surface area contributed by atoms with E-state index in [1.807, 2.05) is 35.7 Å². The number of aromatic nitrogens is 1. The van der Waals surface area contributed by atoms with Gasteiger partial charge in [0.05, 0.1) is 18.4 Å². The van der Waals surface area contributed by atoms with Crippen LogP contribution >= 0.6 is 11.3 Å². The number of thiophene rings is 1. The van der Waals surface area contributed by atoms with Crippen molar-refractivity contribution in [3.05, 3.63) is 70.5 Å². The van der Waals surface area contributed by atoms with Gasteiger partial charge in [0, 0.05) is 36.6 Å². The summed E-state index contributed by atoms with van der Waals surface area (Å²) in [5.41, 5.74) is 1.24. The molecule has 2 aromatic heterocycles. The van der Waals surface area contributed by atoms with E-state index in [9.17, 15) is 9.59 Å². The minimum atomic E-state index is -0.0861. The van der Waals surface area contributed by atoms with Crippen LogP contribution in [0.2, 0.25) is 0 Å². The molecule has 0 atom stereocenters. The summed E-state index contributed by atoms with van der Waals surface area (Å²) in [6.45, 7) is 1.74. The third kappa shape index (κ3) is 5.70. The molecule has 0 radical (unpaired) electrons. The molecular formula is C25H28N4O3S. The van der Waals surface area contributed by atoms with Crippen molar-refractivity contribution in [3.63, 3.8) is 0 Å². The van der Waals surface area contributed by atoms with Gasteiger partial charge in [-0.1, -0.05) is 18.2 Å². The summed E-state index contributed by atoms with van der Waals surface area (Å²) in [6, 6.07) is 15.1. The van der Waals surface area contributed by atoms with Gasteiger partial charge in [-0.15, -0.1) is 11.3 Å². The smallest absolute Gasteiger partial charge is 0.257 e. The van der Waals surface area contributed by atoms with Crippen LogP contribution in [0.15, 0.2) is 60.1 Å². The second kappa shape index (κ2) is 11.0. The zero-order valence-electron chi connectivity index (χ0n) is 18.6. The zero-order valence-corrected chi connectivity index (χ0v) is 19.4. The first-order valence-electron chi connectivity index (χ1n) is 11.1. The van der Waals surface area contributed by atoms with Gasteiger partial charge in [0.2, 0.25) is 5.91 Å². The van der Waals surface area contributed by atoms with E-state index in [0.717, 1.165) is 12.1 Å². The maximum atomic E-state index is 13.3. The summed E-state index contributed by atoms with van der Waals surface area (Å²) in [6.07, 6.45) is 3.82. The number of nitrogens with one attached hydrogen (secondary N) is 2. The Morgan fingerprint density at radius 3 is 2.70 bits per heavy atom. The summed E-state index contributed by atoms with van der Waals surface area (Å²) in [4.78, 5) is 33.3. The molecule has 3 aromatic rings. The first kappa shape index (κ1) is 22.8. The van der Waals surface area contributed by atoms with E-state index in [4.69, 9.17) is 4.74 Å². The van der Waals surface area contributed by atoms with Gasteiger partial charge in [-0.2, -0.15) is 0 Å². The van der Waals surface area contributed by atoms with Gasteiger partial charge >= 0.3 is 0 Å². The van der Waals surface area contributed by atoms with Gasteiger partial charge < -0.3 is 20.3 Å². The van der Waals surface area contributed by atoms with Crippen LogP contribution in [0.4, 0.5) is 11.5 Å². The van der Waals surface area contributed by atoms with Crippen LogP contribution in [-0.2, 0) is 11.2 Å². The zero-order chi connectivity index (χ0) is 23.0. The second-order valence-corrected chi connectivity index (χ2v) is 8.94. The number of nitrogens with zero attached hydrogens (tertiary/aromatic N) is 2. The highest BCUT2D eigenvalue weighted by atomic mass is 32.1. The van der Waals surface area contributed by atoms with Crippen LogP contribution in [0.3, 0.4) is 0 Å². The number of likely N-dealkylation sites (tertiary alicyclic amines) is 1. The Labute approximate surface area is 197 Å². The topological polar surface area (TPSA) is 83.6 Å². The first-order chi connectivity index (χ1) is 16.2. The lowest BCUT2D eigenvalue weighted by Crippen LogP contribution is -2.43. The van der Waals surface area contributed by atoms with Crippen molar-refractivity contribution in [2.45, 2.75) is 19.3 Å². The van der Waals surface area contributed by atoms with Gasteiger partial charge in [-0.3, -0.25) is 9.59 Å². The molecule has 172 valence electrons. The van der Waals surface area contributed by atoms with Crippen molar-refractivity contribution in [2.75, 3.05) is 32.1 Å². The highest BCUT2D eigenvalue weighted by Gasteiger charge is 2.29. The Hall–Kier alpha value is -3.39. The van der Waals surface area contributed by atoms with Gasteiger partial charge in [0.25, 0.3) is 5.91 Å². The molecule has 7 nitrogen and oxygen atoms in total. The normalized spacial score (nSPS) is 14.0. The number of carbonyl (C=O) groups excluding carboxylic acids is 2. The largest absolute Gasteiger partial charge is 0.495 e. The summed E-state index contributed by atoms with van der Waals surface area (Å²) in [7, 11) is 1.60. The second-order valence-electron chi connectivity index (χ2n) is 7.91. The number of hydrogen-bond donors (Lipinski definition) is 2. The molecule has 1 fully saturated rings. The van der Waals surface area contributed by atoms with Crippen molar-refractivity contribution in [1.82, 2.24) is 15.2 Å². The summed E-state index contributed by atoms with van der Waals surface area (Å²) in [5, 5.41) is 8.32. The Morgan fingerprint density at radius 2 is 1.94 bits per heavy atom. The molecule has 1 saturated heterocycles. The van der Waals surface area contributed by atoms with E-state index in [1.165, 1.54) is 4.88 Å². The van der Waals surface area contributed by atoms with E-state index in [0.29, 0.717) is 49.6 Å². The highest BCUT2D eigenvalue weighted by Crippen LogP contribution is 2.28. The van der Waals surface area contributed by atoms with Crippen LogP contribution in [-0.4, -0.2) is 48.4 Å². The minimum Gasteiger partial charge on any atom is -0.495 e. The third-order valence-electron chi connectivity index (χ3n) is 5.80. The van der Waals surface area contributed by atoms with Crippen molar-refractivity contribution >= 4 is 34.7 Å². The molecule has 0 saturated carbocycles. The lowest BCUT2D eigenvalue weighted by molar-refractivity contribution is -0.126. The Morgan fingerprint density at radius 1 is 1.12 bits per heavy atom. The molecule has 2 N–H and O–H groups in total. The molecule has 33 heavy (non-hydrogen) atoms. The van der Waals surface area contributed by atoms with E-state index < -0.39 is 0 Å². The minimum absolute atomic E-state index is 0.0579. The predicted octanol–water partition coefficient (Wildman–Crippen LogP) is 4.11. The Kier molecular flexibility index (Phi) is 7.57. The van der Waals surface area contributed by atoms with Gasteiger partial charge in [0.1, 0.15) is 11.6 Å². The van der Waals surface area contributed by atoms with Gasteiger partial charge in [-0.25, -0.2) is 4.98 Å².